The number of likely N-dealkylation sites (tertiary alicyclic amines) is 1. The number of piperidine rings is 1. The molecule has 1 aromatic heterocycles. The Bertz CT molecular complexity index is 966. The van der Waals surface area contributed by atoms with E-state index in [9.17, 15) is 0 Å². The standard InChI is InChI=1S/C25H32ClN3/c1-19-23(13-16-28-14-5-4-6-15-28)24-12-7-20(18-27(2)3)17-25(24)29(19)22-10-8-21(26)9-11-22/h7-12,17H,4-6,13-16,18H2,1-3H3. The van der Waals surface area contributed by atoms with Gasteiger partial charge in [0, 0.05) is 34.9 Å². The third kappa shape index (κ3) is 4.53. The molecular weight excluding hydrogens is 378 g/mol. The Morgan fingerprint density at radius 3 is 2.38 bits per heavy atom. The second-order valence-electron chi connectivity index (χ2n) is 8.62. The molecule has 0 aliphatic carbocycles. The van der Waals surface area contributed by atoms with Crippen LogP contribution in [0, 0.1) is 6.92 Å². The first kappa shape index (κ1) is 20.5. The van der Waals surface area contributed by atoms with E-state index in [0.717, 1.165) is 24.5 Å². The van der Waals surface area contributed by atoms with Crippen molar-refractivity contribution in [3.8, 4) is 5.69 Å². The van der Waals surface area contributed by atoms with Crippen molar-refractivity contribution in [1.29, 1.82) is 0 Å². The maximum absolute atomic E-state index is 6.16. The minimum absolute atomic E-state index is 0.779. The summed E-state index contributed by atoms with van der Waals surface area (Å²) in [6.07, 6.45) is 5.19. The van der Waals surface area contributed by atoms with Crippen LogP contribution in [0.1, 0.15) is 36.1 Å². The molecular formula is C25H32ClN3. The molecule has 154 valence electrons. The van der Waals surface area contributed by atoms with Crippen LogP contribution in [0.15, 0.2) is 42.5 Å². The maximum atomic E-state index is 6.16. The molecule has 0 radical (unpaired) electrons. The third-order valence-corrected chi connectivity index (χ3v) is 6.36. The zero-order chi connectivity index (χ0) is 20.4. The largest absolute Gasteiger partial charge is 0.314 e. The maximum Gasteiger partial charge on any atom is 0.0537 e. The summed E-state index contributed by atoms with van der Waals surface area (Å²) in [6.45, 7) is 6.87. The molecule has 0 bridgehead atoms. The molecule has 1 aliphatic heterocycles. The van der Waals surface area contributed by atoms with Crippen molar-refractivity contribution >= 4 is 22.5 Å². The fourth-order valence-electron chi connectivity index (χ4n) is 4.68. The molecule has 0 amide bonds. The molecule has 0 N–H and O–H groups in total. The molecule has 2 aromatic carbocycles. The van der Waals surface area contributed by atoms with Crippen molar-refractivity contribution in [2.75, 3.05) is 33.7 Å². The van der Waals surface area contributed by atoms with Gasteiger partial charge in [0.1, 0.15) is 0 Å². The number of fused-ring (bicyclic) bond motifs is 1. The van der Waals surface area contributed by atoms with Gasteiger partial charge in [0.25, 0.3) is 0 Å². The van der Waals surface area contributed by atoms with Crippen molar-refractivity contribution in [2.45, 2.75) is 39.2 Å². The van der Waals surface area contributed by atoms with Crippen LogP contribution in [0.5, 0.6) is 0 Å². The van der Waals surface area contributed by atoms with Gasteiger partial charge < -0.3 is 14.4 Å². The minimum atomic E-state index is 0.779. The Hall–Kier alpha value is -1.81. The molecule has 0 atom stereocenters. The summed E-state index contributed by atoms with van der Waals surface area (Å²) < 4.78 is 2.41. The van der Waals surface area contributed by atoms with Crippen molar-refractivity contribution in [2.24, 2.45) is 0 Å². The van der Waals surface area contributed by atoms with Crippen LogP contribution in [0.2, 0.25) is 5.02 Å². The highest BCUT2D eigenvalue weighted by molar-refractivity contribution is 6.30. The monoisotopic (exact) mass is 409 g/mol. The fourth-order valence-corrected chi connectivity index (χ4v) is 4.81. The van der Waals surface area contributed by atoms with E-state index in [1.54, 1.807) is 0 Å². The zero-order valence-electron chi connectivity index (χ0n) is 17.9. The van der Waals surface area contributed by atoms with E-state index in [1.807, 2.05) is 12.1 Å². The van der Waals surface area contributed by atoms with E-state index in [0.29, 0.717) is 0 Å². The highest BCUT2D eigenvalue weighted by Gasteiger charge is 2.18. The van der Waals surface area contributed by atoms with Gasteiger partial charge in [-0.25, -0.2) is 0 Å². The summed E-state index contributed by atoms with van der Waals surface area (Å²) in [5, 5.41) is 2.17. The van der Waals surface area contributed by atoms with Crippen LogP contribution in [-0.4, -0.2) is 48.1 Å². The van der Waals surface area contributed by atoms with E-state index in [-0.39, 0.29) is 0 Å². The molecule has 29 heavy (non-hydrogen) atoms. The van der Waals surface area contributed by atoms with Gasteiger partial charge in [-0.15, -0.1) is 0 Å². The third-order valence-electron chi connectivity index (χ3n) is 6.11. The van der Waals surface area contributed by atoms with Gasteiger partial charge in [-0.1, -0.05) is 30.2 Å². The molecule has 1 aliphatic rings. The molecule has 2 heterocycles. The average Bonchev–Trinajstić information content (AvgIpc) is 2.98. The van der Waals surface area contributed by atoms with Crippen molar-refractivity contribution in [1.82, 2.24) is 14.4 Å². The first-order chi connectivity index (χ1) is 14.0. The van der Waals surface area contributed by atoms with Crippen LogP contribution in [0.25, 0.3) is 16.6 Å². The predicted molar refractivity (Wildman–Crippen MR) is 124 cm³/mol. The van der Waals surface area contributed by atoms with Gasteiger partial charge in [0.05, 0.1) is 5.52 Å². The topological polar surface area (TPSA) is 11.4 Å². The Morgan fingerprint density at radius 2 is 1.69 bits per heavy atom. The van der Waals surface area contributed by atoms with E-state index in [2.05, 4.69) is 65.7 Å². The van der Waals surface area contributed by atoms with Crippen LogP contribution < -0.4 is 0 Å². The van der Waals surface area contributed by atoms with E-state index in [4.69, 9.17) is 11.6 Å². The minimum Gasteiger partial charge on any atom is -0.314 e. The van der Waals surface area contributed by atoms with Crippen LogP contribution in [0.3, 0.4) is 0 Å². The van der Waals surface area contributed by atoms with Crippen molar-refractivity contribution in [3.63, 3.8) is 0 Å². The Balaban J connectivity index is 1.75. The van der Waals surface area contributed by atoms with Gasteiger partial charge in [-0.3, -0.25) is 0 Å². The number of hydrogen-bond donors (Lipinski definition) is 0. The summed E-state index contributed by atoms with van der Waals surface area (Å²) in [5.41, 5.74) is 6.66. The molecule has 1 fully saturated rings. The fraction of sp³-hybridized carbons (Fsp3) is 0.440. The van der Waals surface area contributed by atoms with Crippen molar-refractivity contribution < 1.29 is 0 Å². The molecule has 0 saturated carbocycles. The molecule has 0 spiro atoms. The van der Waals surface area contributed by atoms with Gasteiger partial charge >= 0.3 is 0 Å². The van der Waals surface area contributed by atoms with Crippen LogP contribution in [0.4, 0.5) is 0 Å². The average molecular weight is 410 g/mol. The van der Waals surface area contributed by atoms with Gasteiger partial charge in [0.2, 0.25) is 0 Å². The number of benzene rings is 2. The number of hydrogen-bond acceptors (Lipinski definition) is 2. The summed E-state index contributed by atoms with van der Waals surface area (Å²) >= 11 is 6.16. The first-order valence-corrected chi connectivity index (χ1v) is 11.2. The lowest BCUT2D eigenvalue weighted by Crippen LogP contribution is -2.31. The summed E-state index contributed by atoms with van der Waals surface area (Å²) in [4.78, 5) is 4.86. The van der Waals surface area contributed by atoms with Gasteiger partial charge in [0.15, 0.2) is 0 Å². The van der Waals surface area contributed by atoms with Crippen molar-refractivity contribution in [3.05, 3.63) is 64.3 Å². The van der Waals surface area contributed by atoms with Crippen LogP contribution in [-0.2, 0) is 13.0 Å². The highest BCUT2D eigenvalue weighted by Crippen LogP contribution is 2.31. The number of nitrogens with zero attached hydrogens (tertiary/aromatic N) is 3. The summed E-state index contributed by atoms with van der Waals surface area (Å²) in [6, 6.07) is 15.2. The normalized spacial score (nSPS) is 15.5. The lowest BCUT2D eigenvalue weighted by molar-refractivity contribution is 0.231. The quantitative estimate of drug-likeness (QED) is 0.518. The first-order valence-electron chi connectivity index (χ1n) is 10.8. The van der Waals surface area contributed by atoms with E-state index >= 15 is 0 Å². The number of aromatic nitrogens is 1. The predicted octanol–water partition coefficient (Wildman–Crippen LogP) is 5.68. The van der Waals surface area contributed by atoms with Gasteiger partial charge in [-0.2, -0.15) is 0 Å². The van der Waals surface area contributed by atoms with Crippen LogP contribution >= 0.6 is 11.6 Å². The number of rotatable bonds is 6. The second-order valence-corrected chi connectivity index (χ2v) is 9.05. The highest BCUT2D eigenvalue weighted by atomic mass is 35.5. The van der Waals surface area contributed by atoms with E-state index in [1.165, 1.54) is 65.8 Å². The lowest BCUT2D eigenvalue weighted by Gasteiger charge is -2.26. The zero-order valence-corrected chi connectivity index (χ0v) is 18.7. The lowest BCUT2D eigenvalue weighted by atomic mass is 10.0. The summed E-state index contributed by atoms with van der Waals surface area (Å²) in [7, 11) is 4.25. The number of halogens is 1. The molecule has 1 saturated heterocycles. The Morgan fingerprint density at radius 1 is 0.966 bits per heavy atom. The second kappa shape index (κ2) is 8.91. The van der Waals surface area contributed by atoms with E-state index < -0.39 is 0 Å². The smallest absolute Gasteiger partial charge is 0.0537 e. The molecule has 3 nitrogen and oxygen atoms in total. The molecule has 0 unspecified atom stereocenters. The molecule has 4 heteroatoms. The Labute approximate surface area is 179 Å². The van der Waals surface area contributed by atoms with Gasteiger partial charge in [-0.05, 0) is 94.8 Å². The summed E-state index contributed by atoms with van der Waals surface area (Å²) in [5.74, 6) is 0. The Kier molecular flexibility index (Phi) is 6.29. The SMILES string of the molecule is Cc1c(CCN2CCCCC2)c2ccc(CN(C)C)cc2n1-c1ccc(Cl)cc1. The molecule has 3 aromatic rings. The molecule has 4 rings (SSSR count).